The van der Waals surface area contributed by atoms with E-state index in [0.717, 1.165) is 11.3 Å². The summed E-state index contributed by atoms with van der Waals surface area (Å²) in [5.41, 5.74) is 0.529. The largest absolute Gasteiger partial charge is 0.494 e. The van der Waals surface area contributed by atoms with E-state index in [-0.39, 0.29) is 4.34 Å². The minimum atomic E-state index is -4.22. The van der Waals surface area contributed by atoms with E-state index in [1.807, 2.05) is 6.92 Å². The molecule has 1 N–H and O–H groups in total. The summed E-state index contributed by atoms with van der Waals surface area (Å²) in [5, 5.41) is 0. The van der Waals surface area contributed by atoms with Crippen molar-refractivity contribution >= 4 is 31.7 Å². The first-order chi connectivity index (χ1) is 7.50. The predicted molar refractivity (Wildman–Crippen MR) is 60.6 cm³/mol. The summed E-state index contributed by atoms with van der Waals surface area (Å²) in [5.74, 6) is 0.653. The SMILES string of the molecule is CCOc1ccc2nc(S(=O)(=O)O)sc2c1. The van der Waals surface area contributed by atoms with Crippen molar-refractivity contribution < 1.29 is 17.7 Å². The first-order valence-corrected chi connectivity index (χ1v) is 6.77. The van der Waals surface area contributed by atoms with Gasteiger partial charge in [0.2, 0.25) is 4.34 Å². The summed E-state index contributed by atoms with van der Waals surface area (Å²) in [7, 11) is -4.22. The molecule has 2 aromatic rings. The summed E-state index contributed by atoms with van der Waals surface area (Å²) in [4.78, 5) is 3.81. The van der Waals surface area contributed by atoms with Gasteiger partial charge in [-0.3, -0.25) is 4.55 Å². The summed E-state index contributed by atoms with van der Waals surface area (Å²) in [6.07, 6.45) is 0. The molecule has 1 heterocycles. The molecule has 1 aromatic carbocycles. The Morgan fingerprint density at radius 3 is 2.88 bits per heavy atom. The molecule has 7 heteroatoms. The fourth-order valence-electron chi connectivity index (χ4n) is 1.25. The zero-order valence-corrected chi connectivity index (χ0v) is 10.0. The van der Waals surface area contributed by atoms with Crippen LogP contribution in [0.2, 0.25) is 0 Å². The second-order valence-electron chi connectivity index (χ2n) is 3.02. The molecule has 0 unspecified atom stereocenters. The van der Waals surface area contributed by atoms with E-state index in [9.17, 15) is 8.42 Å². The molecule has 1 aromatic heterocycles. The Morgan fingerprint density at radius 1 is 1.50 bits per heavy atom. The Morgan fingerprint density at radius 2 is 2.25 bits per heavy atom. The Bertz CT molecular complexity index is 617. The van der Waals surface area contributed by atoms with Crippen LogP contribution in [0.4, 0.5) is 0 Å². The van der Waals surface area contributed by atoms with Crippen molar-refractivity contribution in [3.05, 3.63) is 18.2 Å². The molecule has 2 rings (SSSR count). The molecule has 0 aliphatic carbocycles. The van der Waals surface area contributed by atoms with E-state index in [2.05, 4.69) is 4.98 Å². The van der Waals surface area contributed by atoms with Crippen molar-refractivity contribution in [2.75, 3.05) is 6.61 Å². The van der Waals surface area contributed by atoms with Crippen molar-refractivity contribution in [2.24, 2.45) is 0 Å². The molecule has 0 amide bonds. The van der Waals surface area contributed by atoms with Crippen LogP contribution >= 0.6 is 11.3 Å². The van der Waals surface area contributed by atoms with E-state index < -0.39 is 10.1 Å². The number of fused-ring (bicyclic) bond motifs is 1. The smallest absolute Gasteiger partial charge is 0.322 e. The highest BCUT2D eigenvalue weighted by Gasteiger charge is 2.16. The molecule has 0 aliphatic rings. The van der Waals surface area contributed by atoms with Gasteiger partial charge in [-0.15, -0.1) is 11.3 Å². The fourth-order valence-corrected chi connectivity index (χ4v) is 2.88. The summed E-state index contributed by atoms with van der Waals surface area (Å²) in [6.45, 7) is 2.40. The topological polar surface area (TPSA) is 76.5 Å². The minimum Gasteiger partial charge on any atom is -0.494 e. The maximum Gasteiger partial charge on any atom is 0.322 e. The van der Waals surface area contributed by atoms with E-state index >= 15 is 0 Å². The summed E-state index contributed by atoms with van der Waals surface area (Å²) >= 11 is 0.915. The van der Waals surface area contributed by atoms with Crippen molar-refractivity contribution in [3.63, 3.8) is 0 Å². The number of rotatable bonds is 3. The van der Waals surface area contributed by atoms with Crippen LogP contribution in [0.1, 0.15) is 6.92 Å². The van der Waals surface area contributed by atoms with Crippen LogP contribution in [0.5, 0.6) is 5.75 Å². The van der Waals surface area contributed by atoms with Crippen LogP contribution in [0.3, 0.4) is 0 Å². The molecule has 86 valence electrons. The third kappa shape index (κ3) is 2.16. The summed E-state index contributed by atoms with van der Waals surface area (Å²) in [6, 6.07) is 5.07. The Labute approximate surface area is 96.4 Å². The van der Waals surface area contributed by atoms with Crippen LogP contribution in [-0.2, 0) is 10.1 Å². The van der Waals surface area contributed by atoms with Crippen molar-refractivity contribution in [3.8, 4) is 5.75 Å². The van der Waals surface area contributed by atoms with E-state index in [4.69, 9.17) is 9.29 Å². The lowest BCUT2D eigenvalue weighted by Gasteiger charge is -2.00. The number of hydrogen-bond acceptors (Lipinski definition) is 5. The molecule has 0 bridgehead atoms. The molecule has 0 spiro atoms. The lowest BCUT2D eigenvalue weighted by molar-refractivity contribution is 0.341. The minimum absolute atomic E-state index is 0.295. The number of aromatic nitrogens is 1. The highest BCUT2D eigenvalue weighted by molar-refractivity contribution is 7.88. The van der Waals surface area contributed by atoms with Gasteiger partial charge >= 0.3 is 10.1 Å². The molecule has 5 nitrogen and oxygen atoms in total. The van der Waals surface area contributed by atoms with Crippen molar-refractivity contribution in [1.82, 2.24) is 4.98 Å². The standard InChI is InChI=1S/C9H9NO4S2/c1-2-14-6-3-4-7-8(5-6)15-9(10-7)16(11,12)13/h3-5H,2H2,1H3,(H,11,12,13). The zero-order valence-electron chi connectivity index (χ0n) is 8.37. The maximum absolute atomic E-state index is 10.9. The molecular formula is C9H9NO4S2. The molecule has 0 radical (unpaired) electrons. The van der Waals surface area contributed by atoms with Gasteiger partial charge in [-0.25, -0.2) is 4.98 Å². The lowest BCUT2D eigenvalue weighted by Crippen LogP contribution is -1.95. The molecule has 0 fully saturated rings. The first-order valence-electron chi connectivity index (χ1n) is 4.51. The van der Waals surface area contributed by atoms with Gasteiger partial charge < -0.3 is 4.74 Å². The van der Waals surface area contributed by atoms with E-state index in [1.54, 1.807) is 18.2 Å². The third-order valence-corrected chi connectivity index (χ3v) is 4.10. The molecule has 0 saturated heterocycles. The number of ether oxygens (including phenoxy) is 1. The second-order valence-corrected chi connectivity index (χ2v) is 5.64. The lowest BCUT2D eigenvalue weighted by atomic mass is 10.3. The van der Waals surface area contributed by atoms with Crippen LogP contribution in [0.25, 0.3) is 10.2 Å². The van der Waals surface area contributed by atoms with Crippen molar-refractivity contribution in [1.29, 1.82) is 0 Å². The van der Waals surface area contributed by atoms with E-state index in [0.29, 0.717) is 22.6 Å². The van der Waals surface area contributed by atoms with Gasteiger partial charge in [0.1, 0.15) is 5.75 Å². The van der Waals surface area contributed by atoms with Crippen LogP contribution in [-0.4, -0.2) is 24.6 Å². The summed E-state index contributed by atoms with van der Waals surface area (Å²) < 4.78 is 36.3. The fraction of sp³-hybridized carbons (Fsp3) is 0.222. The quantitative estimate of drug-likeness (QED) is 0.852. The molecule has 16 heavy (non-hydrogen) atoms. The highest BCUT2D eigenvalue weighted by atomic mass is 32.3. The number of benzene rings is 1. The van der Waals surface area contributed by atoms with Crippen LogP contribution < -0.4 is 4.74 Å². The average Bonchev–Trinajstić information content (AvgIpc) is 2.60. The number of hydrogen-bond donors (Lipinski definition) is 1. The van der Waals surface area contributed by atoms with Gasteiger partial charge in [0, 0.05) is 0 Å². The molecular weight excluding hydrogens is 250 g/mol. The predicted octanol–water partition coefficient (Wildman–Crippen LogP) is 1.94. The van der Waals surface area contributed by atoms with Gasteiger partial charge in [-0.2, -0.15) is 8.42 Å². The Hall–Kier alpha value is -1.18. The average molecular weight is 259 g/mol. The molecule has 0 aliphatic heterocycles. The number of nitrogens with zero attached hydrogens (tertiary/aromatic N) is 1. The highest BCUT2D eigenvalue weighted by Crippen LogP contribution is 2.28. The Balaban J connectivity index is 2.54. The van der Waals surface area contributed by atoms with Gasteiger partial charge in [0.05, 0.1) is 16.8 Å². The maximum atomic E-state index is 10.9. The number of thiazole rings is 1. The van der Waals surface area contributed by atoms with Gasteiger partial charge in [0.25, 0.3) is 0 Å². The van der Waals surface area contributed by atoms with Crippen LogP contribution in [0.15, 0.2) is 22.5 Å². The Kier molecular flexibility index (Phi) is 2.83. The molecule has 0 saturated carbocycles. The van der Waals surface area contributed by atoms with Gasteiger partial charge in [-0.1, -0.05) is 0 Å². The van der Waals surface area contributed by atoms with Crippen molar-refractivity contribution in [2.45, 2.75) is 11.3 Å². The van der Waals surface area contributed by atoms with E-state index in [1.165, 1.54) is 0 Å². The second kappa shape index (κ2) is 4.00. The first kappa shape index (κ1) is 11.3. The monoisotopic (exact) mass is 259 g/mol. The third-order valence-electron chi connectivity index (χ3n) is 1.87. The van der Waals surface area contributed by atoms with Gasteiger partial charge in [-0.05, 0) is 25.1 Å². The zero-order chi connectivity index (χ0) is 11.8. The van der Waals surface area contributed by atoms with Crippen LogP contribution in [0, 0.1) is 0 Å². The normalized spacial score (nSPS) is 11.9. The van der Waals surface area contributed by atoms with Gasteiger partial charge in [0.15, 0.2) is 0 Å². The molecule has 0 atom stereocenters.